The highest BCUT2D eigenvalue weighted by Crippen LogP contribution is 2.42. The van der Waals surface area contributed by atoms with Crippen molar-refractivity contribution in [2.75, 3.05) is 39.3 Å². The van der Waals surface area contributed by atoms with Gasteiger partial charge in [0.25, 0.3) is 5.91 Å². The smallest absolute Gasteiger partial charge is 0.253 e. The zero-order chi connectivity index (χ0) is 19.7. The SMILES string of the molecule is C[C@@H]1CCN(C[C@H]2CC3(CCN(C(=O)c4ccc(O)cc4)CC3)CO2)C[C@H]1O. The Morgan fingerprint density at radius 1 is 1.21 bits per heavy atom. The third kappa shape index (κ3) is 4.19. The molecule has 3 atom stereocenters. The Morgan fingerprint density at radius 2 is 1.93 bits per heavy atom. The number of phenolic OH excluding ortho intramolecular Hbond substituents is 1. The second-order valence-corrected chi connectivity index (χ2v) is 9.07. The fraction of sp³-hybridized carbons (Fsp3) is 0.682. The van der Waals surface area contributed by atoms with Gasteiger partial charge in [0.2, 0.25) is 0 Å². The first kappa shape index (κ1) is 19.7. The number of piperidine rings is 2. The van der Waals surface area contributed by atoms with E-state index in [1.165, 1.54) is 0 Å². The lowest BCUT2D eigenvalue weighted by Crippen LogP contribution is -2.46. The quantitative estimate of drug-likeness (QED) is 0.830. The minimum atomic E-state index is -0.224. The number of rotatable bonds is 3. The normalized spacial score (nSPS) is 30.6. The monoisotopic (exact) mass is 388 g/mol. The number of aliphatic hydroxyl groups excluding tert-OH is 1. The number of aliphatic hydroxyl groups is 1. The van der Waals surface area contributed by atoms with E-state index in [9.17, 15) is 15.0 Å². The lowest BCUT2D eigenvalue weighted by molar-refractivity contribution is 0.000907. The van der Waals surface area contributed by atoms with Gasteiger partial charge in [-0.15, -0.1) is 0 Å². The van der Waals surface area contributed by atoms with Gasteiger partial charge in [-0.25, -0.2) is 0 Å². The highest BCUT2D eigenvalue weighted by atomic mass is 16.5. The van der Waals surface area contributed by atoms with Crippen LogP contribution >= 0.6 is 0 Å². The van der Waals surface area contributed by atoms with Gasteiger partial charge < -0.3 is 19.8 Å². The van der Waals surface area contributed by atoms with Crippen molar-refractivity contribution in [1.29, 1.82) is 0 Å². The fourth-order valence-corrected chi connectivity index (χ4v) is 4.90. The molecule has 0 radical (unpaired) electrons. The molecule has 3 fully saturated rings. The van der Waals surface area contributed by atoms with Gasteiger partial charge in [-0.2, -0.15) is 0 Å². The number of β-amino-alcohol motifs (C(OH)–C–C–N with tert-alkyl or cyclic N) is 1. The molecule has 4 rings (SSSR count). The van der Waals surface area contributed by atoms with Crippen LogP contribution in [0.5, 0.6) is 5.75 Å². The zero-order valence-electron chi connectivity index (χ0n) is 16.7. The first-order valence-electron chi connectivity index (χ1n) is 10.5. The lowest BCUT2D eigenvalue weighted by atomic mass is 9.76. The summed E-state index contributed by atoms with van der Waals surface area (Å²) in [4.78, 5) is 17.0. The molecule has 1 aromatic carbocycles. The number of carbonyl (C=O) groups excluding carboxylic acids is 1. The van der Waals surface area contributed by atoms with E-state index in [-0.39, 0.29) is 29.3 Å². The number of phenols is 1. The Balaban J connectivity index is 1.27. The van der Waals surface area contributed by atoms with E-state index in [0.717, 1.165) is 65.0 Å². The van der Waals surface area contributed by atoms with Crippen molar-refractivity contribution in [3.05, 3.63) is 29.8 Å². The van der Waals surface area contributed by atoms with Gasteiger partial charge in [0.15, 0.2) is 0 Å². The molecule has 1 aromatic rings. The summed E-state index contributed by atoms with van der Waals surface area (Å²) in [5.41, 5.74) is 0.824. The molecule has 6 heteroatoms. The van der Waals surface area contributed by atoms with Gasteiger partial charge in [-0.05, 0) is 67.8 Å². The van der Waals surface area contributed by atoms with Crippen molar-refractivity contribution in [2.45, 2.75) is 44.8 Å². The summed E-state index contributed by atoms with van der Waals surface area (Å²) >= 11 is 0. The van der Waals surface area contributed by atoms with Crippen LogP contribution in [0.25, 0.3) is 0 Å². The van der Waals surface area contributed by atoms with E-state index in [1.54, 1.807) is 24.3 Å². The number of carbonyl (C=O) groups is 1. The summed E-state index contributed by atoms with van der Waals surface area (Å²) in [6.07, 6.45) is 4.07. The Hall–Kier alpha value is -1.63. The number of benzene rings is 1. The topological polar surface area (TPSA) is 73.2 Å². The third-order valence-corrected chi connectivity index (χ3v) is 6.98. The minimum Gasteiger partial charge on any atom is -0.508 e. The fourth-order valence-electron chi connectivity index (χ4n) is 4.90. The zero-order valence-corrected chi connectivity index (χ0v) is 16.7. The molecule has 2 N–H and O–H groups in total. The van der Waals surface area contributed by atoms with E-state index in [1.807, 2.05) is 4.90 Å². The summed E-state index contributed by atoms with van der Waals surface area (Å²) in [5.74, 6) is 0.614. The average molecular weight is 389 g/mol. The molecule has 1 amide bonds. The van der Waals surface area contributed by atoms with Crippen LogP contribution in [-0.4, -0.2) is 77.5 Å². The number of likely N-dealkylation sites (tertiary alicyclic amines) is 2. The Labute approximate surface area is 167 Å². The number of nitrogens with zero attached hydrogens (tertiary/aromatic N) is 2. The van der Waals surface area contributed by atoms with Gasteiger partial charge in [0.1, 0.15) is 5.75 Å². The summed E-state index contributed by atoms with van der Waals surface area (Å²) in [6.45, 7) is 7.12. The Bertz CT molecular complexity index is 684. The van der Waals surface area contributed by atoms with Crippen LogP contribution in [0.3, 0.4) is 0 Å². The van der Waals surface area contributed by atoms with Crippen LogP contribution in [0.4, 0.5) is 0 Å². The van der Waals surface area contributed by atoms with Crippen LogP contribution in [0.1, 0.15) is 43.0 Å². The highest BCUT2D eigenvalue weighted by Gasteiger charge is 2.43. The maximum atomic E-state index is 12.7. The van der Waals surface area contributed by atoms with Crippen LogP contribution in [0.15, 0.2) is 24.3 Å². The van der Waals surface area contributed by atoms with Crippen molar-refractivity contribution in [3.8, 4) is 5.75 Å². The first-order chi connectivity index (χ1) is 13.4. The summed E-state index contributed by atoms with van der Waals surface area (Å²) in [5, 5.41) is 19.5. The lowest BCUT2D eigenvalue weighted by Gasteiger charge is -2.39. The predicted molar refractivity (Wildman–Crippen MR) is 106 cm³/mol. The van der Waals surface area contributed by atoms with E-state index < -0.39 is 0 Å². The second-order valence-electron chi connectivity index (χ2n) is 9.07. The number of aromatic hydroxyl groups is 1. The van der Waals surface area contributed by atoms with E-state index in [0.29, 0.717) is 11.5 Å². The molecular weight excluding hydrogens is 356 g/mol. The van der Waals surface area contributed by atoms with Crippen molar-refractivity contribution in [3.63, 3.8) is 0 Å². The summed E-state index contributed by atoms with van der Waals surface area (Å²) in [6, 6.07) is 6.49. The summed E-state index contributed by atoms with van der Waals surface area (Å²) < 4.78 is 6.15. The Morgan fingerprint density at radius 3 is 2.61 bits per heavy atom. The van der Waals surface area contributed by atoms with E-state index in [2.05, 4.69) is 11.8 Å². The van der Waals surface area contributed by atoms with Crippen LogP contribution in [0.2, 0.25) is 0 Å². The molecule has 6 nitrogen and oxygen atoms in total. The average Bonchev–Trinajstić information content (AvgIpc) is 3.07. The number of hydrogen-bond acceptors (Lipinski definition) is 5. The molecular formula is C22H32N2O4. The second kappa shape index (κ2) is 8.01. The van der Waals surface area contributed by atoms with Gasteiger partial charge in [-0.1, -0.05) is 6.92 Å². The molecule has 1 spiro atoms. The van der Waals surface area contributed by atoms with Crippen LogP contribution in [0, 0.1) is 11.3 Å². The van der Waals surface area contributed by atoms with Crippen molar-refractivity contribution in [1.82, 2.24) is 9.80 Å². The molecule has 0 saturated carbocycles. The summed E-state index contributed by atoms with van der Waals surface area (Å²) in [7, 11) is 0. The third-order valence-electron chi connectivity index (χ3n) is 6.98. The molecule has 0 bridgehead atoms. The number of ether oxygens (including phenoxy) is 1. The van der Waals surface area contributed by atoms with E-state index in [4.69, 9.17) is 4.74 Å². The maximum Gasteiger partial charge on any atom is 0.253 e. The number of hydrogen-bond donors (Lipinski definition) is 2. The van der Waals surface area contributed by atoms with Gasteiger partial charge in [0, 0.05) is 31.7 Å². The molecule has 3 aliphatic rings. The first-order valence-corrected chi connectivity index (χ1v) is 10.5. The molecule has 3 heterocycles. The largest absolute Gasteiger partial charge is 0.508 e. The van der Waals surface area contributed by atoms with Gasteiger partial charge in [0.05, 0.1) is 18.8 Å². The van der Waals surface area contributed by atoms with Crippen molar-refractivity contribution in [2.24, 2.45) is 11.3 Å². The molecule has 0 aromatic heterocycles. The molecule has 3 saturated heterocycles. The predicted octanol–water partition coefficient (Wildman–Crippen LogP) is 2.11. The number of amides is 1. The maximum absolute atomic E-state index is 12.7. The molecule has 3 aliphatic heterocycles. The van der Waals surface area contributed by atoms with E-state index >= 15 is 0 Å². The standard InChI is InChI=1S/C22H32N2O4/c1-16-6-9-23(14-20(16)26)13-19-12-22(15-28-19)7-10-24(11-8-22)21(27)17-2-4-18(25)5-3-17/h2-5,16,19-20,25-26H,6-15H2,1H3/t16-,19-,20-/m1/s1. The molecule has 0 aliphatic carbocycles. The highest BCUT2D eigenvalue weighted by molar-refractivity contribution is 5.94. The van der Waals surface area contributed by atoms with Crippen molar-refractivity contribution >= 4 is 5.91 Å². The van der Waals surface area contributed by atoms with Crippen molar-refractivity contribution < 1.29 is 19.7 Å². The van der Waals surface area contributed by atoms with Gasteiger partial charge >= 0.3 is 0 Å². The van der Waals surface area contributed by atoms with Gasteiger partial charge in [-0.3, -0.25) is 9.69 Å². The molecule has 0 unspecified atom stereocenters. The minimum absolute atomic E-state index is 0.0433. The molecule has 154 valence electrons. The Kier molecular flexibility index (Phi) is 5.63. The molecule has 28 heavy (non-hydrogen) atoms. The van der Waals surface area contributed by atoms with Crippen LogP contribution in [-0.2, 0) is 4.74 Å². The van der Waals surface area contributed by atoms with Crippen LogP contribution < -0.4 is 0 Å².